The average Bonchev–Trinajstić information content (AvgIpc) is 2.81. The third-order valence-corrected chi connectivity index (χ3v) is 3.05. The molecule has 0 aliphatic heterocycles. The number of aromatic amines is 1. The second-order valence-corrected chi connectivity index (χ2v) is 5.89. The standard InChI is InChI=1S/C14H19F2N3O/c1-14(2,3)17-7-12(20)9-4-8(13(15)16)5-11-10(9)6-18-19-11/h4-6,12-13,17,20H,7H2,1-3H3,(H,18,19)/t12-/m0/s1. The number of hydrogen-bond acceptors (Lipinski definition) is 3. The number of H-pyrrole nitrogens is 1. The number of β-amino-alcohol motifs (C(OH)–C–C–N with tert-alkyl or cyclic N) is 1. The van der Waals surface area contributed by atoms with E-state index in [9.17, 15) is 13.9 Å². The number of benzene rings is 1. The molecular formula is C14H19F2N3O. The number of hydrogen-bond donors (Lipinski definition) is 3. The first kappa shape index (κ1) is 14.9. The monoisotopic (exact) mass is 283 g/mol. The van der Waals surface area contributed by atoms with Crippen molar-refractivity contribution in [2.45, 2.75) is 38.8 Å². The Labute approximate surface area is 116 Å². The molecule has 6 heteroatoms. The van der Waals surface area contributed by atoms with Gasteiger partial charge in [0.2, 0.25) is 0 Å². The Balaban J connectivity index is 2.34. The lowest BCUT2D eigenvalue weighted by atomic mass is 10.0. The van der Waals surface area contributed by atoms with Gasteiger partial charge in [-0.3, -0.25) is 5.10 Å². The van der Waals surface area contributed by atoms with Crippen LogP contribution in [-0.2, 0) is 0 Å². The van der Waals surface area contributed by atoms with Crippen molar-refractivity contribution in [2.24, 2.45) is 0 Å². The van der Waals surface area contributed by atoms with Crippen molar-refractivity contribution in [3.05, 3.63) is 29.5 Å². The highest BCUT2D eigenvalue weighted by Gasteiger charge is 2.19. The zero-order valence-corrected chi connectivity index (χ0v) is 11.7. The van der Waals surface area contributed by atoms with Crippen LogP contribution in [0, 0.1) is 0 Å². The summed E-state index contributed by atoms with van der Waals surface area (Å²) in [5.74, 6) is 0. The fourth-order valence-electron chi connectivity index (χ4n) is 2.02. The second kappa shape index (κ2) is 5.46. The van der Waals surface area contributed by atoms with E-state index in [2.05, 4.69) is 15.5 Å². The van der Waals surface area contributed by atoms with Gasteiger partial charge in [-0.15, -0.1) is 0 Å². The van der Waals surface area contributed by atoms with Gasteiger partial charge in [0.05, 0.1) is 17.8 Å². The van der Waals surface area contributed by atoms with Crippen LogP contribution < -0.4 is 5.32 Å². The Morgan fingerprint density at radius 2 is 2.05 bits per heavy atom. The largest absolute Gasteiger partial charge is 0.387 e. The summed E-state index contributed by atoms with van der Waals surface area (Å²) in [4.78, 5) is 0. The van der Waals surface area contributed by atoms with Gasteiger partial charge in [-0.2, -0.15) is 5.10 Å². The number of aliphatic hydroxyl groups excluding tert-OH is 1. The number of aliphatic hydroxyl groups is 1. The van der Waals surface area contributed by atoms with Crippen molar-refractivity contribution in [1.29, 1.82) is 0 Å². The van der Waals surface area contributed by atoms with Crippen LogP contribution in [0.5, 0.6) is 0 Å². The maximum absolute atomic E-state index is 12.9. The highest BCUT2D eigenvalue weighted by Crippen LogP contribution is 2.29. The molecule has 0 bridgehead atoms. The average molecular weight is 283 g/mol. The minimum atomic E-state index is -2.58. The summed E-state index contributed by atoms with van der Waals surface area (Å²) in [5.41, 5.74) is 0.694. The Bertz CT molecular complexity index is 590. The van der Waals surface area contributed by atoms with Gasteiger partial charge in [0.25, 0.3) is 6.43 Å². The molecule has 4 nitrogen and oxygen atoms in total. The molecule has 1 aromatic heterocycles. The molecule has 0 fully saturated rings. The molecule has 0 unspecified atom stereocenters. The van der Waals surface area contributed by atoms with Gasteiger partial charge in [0, 0.05) is 23.0 Å². The zero-order chi connectivity index (χ0) is 14.9. The number of nitrogens with zero attached hydrogens (tertiary/aromatic N) is 1. The molecule has 2 rings (SSSR count). The molecule has 0 radical (unpaired) electrons. The van der Waals surface area contributed by atoms with Crippen LogP contribution in [0.1, 0.15) is 44.4 Å². The van der Waals surface area contributed by atoms with E-state index in [1.54, 1.807) is 6.20 Å². The van der Waals surface area contributed by atoms with E-state index in [-0.39, 0.29) is 17.6 Å². The van der Waals surface area contributed by atoms with Crippen molar-refractivity contribution < 1.29 is 13.9 Å². The summed E-state index contributed by atoms with van der Waals surface area (Å²) in [6.07, 6.45) is -1.91. The number of rotatable bonds is 4. The molecule has 20 heavy (non-hydrogen) atoms. The van der Waals surface area contributed by atoms with Crippen molar-refractivity contribution in [1.82, 2.24) is 15.5 Å². The van der Waals surface area contributed by atoms with Crippen LogP contribution in [0.2, 0.25) is 0 Å². The SMILES string of the molecule is CC(C)(C)NC[C@H](O)c1cc(C(F)F)cc2[nH]ncc12. The summed E-state index contributed by atoms with van der Waals surface area (Å²) >= 11 is 0. The smallest absolute Gasteiger partial charge is 0.263 e. The van der Waals surface area contributed by atoms with E-state index in [1.165, 1.54) is 12.1 Å². The third-order valence-electron chi connectivity index (χ3n) is 3.05. The van der Waals surface area contributed by atoms with E-state index in [1.807, 2.05) is 20.8 Å². The molecule has 0 saturated carbocycles. The molecule has 2 aromatic rings. The van der Waals surface area contributed by atoms with Gasteiger partial charge in [-0.05, 0) is 38.5 Å². The Morgan fingerprint density at radius 1 is 1.35 bits per heavy atom. The van der Waals surface area contributed by atoms with E-state index < -0.39 is 12.5 Å². The molecule has 0 aliphatic rings. The first-order valence-electron chi connectivity index (χ1n) is 6.46. The van der Waals surface area contributed by atoms with Gasteiger partial charge >= 0.3 is 0 Å². The van der Waals surface area contributed by atoms with Crippen LogP contribution in [-0.4, -0.2) is 27.4 Å². The lowest BCUT2D eigenvalue weighted by molar-refractivity contribution is 0.149. The van der Waals surface area contributed by atoms with Crippen LogP contribution >= 0.6 is 0 Å². The maximum atomic E-state index is 12.9. The first-order valence-corrected chi connectivity index (χ1v) is 6.46. The van der Waals surface area contributed by atoms with Gasteiger partial charge < -0.3 is 10.4 Å². The Hall–Kier alpha value is -1.53. The van der Waals surface area contributed by atoms with Gasteiger partial charge in [0.15, 0.2) is 0 Å². The first-order chi connectivity index (χ1) is 9.28. The second-order valence-electron chi connectivity index (χ2n) is 5.89. The number of aromatic nitrogens is 2. The molecule has 110 valence electrons. The normalized spacial score (nSPS) is 14.2. The third kappa shape index (κ3) is 3.32. The number of halogens is 2. The summed E-state index contributed by atoms with van der Waals surface area (Å²) in [6, 6.07) is 2.71. The molecule has 0 saturated heterocycles. The molecular weight excluding hydrogens is 264 g/mol. The minimum absolute atomic E-state index is 0.119. The number of fused-ring (bicyclic) bond motifs is 1. The quantitative estimate of drug-likeness (QED) is 0.808. The summed E-state index contributed by atoms with van der Waals surface area (Å²) < 4.78 is 25.8. The number of nitrogens with one attached hydrogen (secondary N) is 2. The lowest BCUT2D eigenvalue weighted by Crippen LogP contribution is -2.38. The van der Waals surface area contributed by atoms with E-state index in [0.717, 1.165) is 0 Å². The van der Waals surface area contributed by atoms with Crippen LogP contribution in [0.4, 0.5) is 8.78 Å². The molecule has 0 aliphatic carbocycles. The Morgan fingerprint density at radius 3 is 2.65 bits per heavy atom. The lowest BCUT2D eigenvalue weighted by Gasteiger charge is -2.23. The summed E-state index contributed by atoms with van der Waals surface area (Å²) in [6.45, 7) is 6.21. The molecule has 3 N–H and O–H groups in total. The molecule has 0 spiro atoms. The molecule has 1 atom stereocenters. The molecule has 1 heterocycles. The maximum Gasteiger partial charge on any atom is 0.263 e. The fourth-order valence-corrected chi connectivity index (χ4v) is 2.02. The number of alkyl halides is 2. The predicted octanol–water partition coefficient (Wildman–Crippen LogP) is 2.92. The van der Waals surface area contributed by atoms with Gasteiger partial charge in [-0.25, -0.2) is 8.78 Å². The van der Waals surface area contributed by atoms with Crippen LogP contribution in [0.3, 0.4) is 0 Å². The van der Waals surface area contributed by atoms with E-state index in [0.29, 0.717) is 16.5 Å². The van der Waals surface area contributed by atoms with E-state index >= 15 is 0 Å². The summed E-state index contributed by atoms with van der Waals surface area (Å²) in [5, 5.41) is 20.6. The molecule has 1 aromatic carbocycles. The van der Waals surface area contributed by atoms with Crippen molar-refractivity contribution >= 4 is 10.9 Å². The Kier molecular flexibility index (Phi) is 4.06. The fraction of sp³-hybridized carbons (Fsp3) is 0.500. The van der Waals surface area contributed by atoms with Crippen LogP contribution in [0.15, 0.2) is 18.3 Å². The highest BCUT2D eigenvalue weighted by molar-refractivity contribution is 5.83. The van der Waals surface area contributed by atoms with E-state index in [4.69, 9.17) is 0 Å². The van der Waals surface area contributed by atoms with Crippen molar-refractivity contribution in [3.8, 4) is 0 Å². The van der Waals surface area contributed by atoms with Crippen molar-refractivity contribution in [3.63, 3.8) is 0 Å². The van der Waals surface area contributed by atoms with Crippen LogP contribution in [0.25, 0.3) is 10.9 Å². The highest BCUT2D eigenvalue weighted by atomic mass is 19.3. The summed E-state index contributed by atoms with van der Waals surface area (Å²) in [7, 11) is 0. The predicted molar refractivity (Wildman–Crippen MR) is 73.8 cm³/mol. The molecule has 0 amide bonds. The zero-order valence-electron chi connectivity index (χ0n) is 11.7. The van der Waals surface area contributed by atoms with Gasteiger partial charge in [0.1, 0.15) is 0 Å². The topological polar surface area (TPSA) is 60.9 Å². The van der Waals surface area contributed by atoms with Gasteiger partial charge in [-0.1, -0.05) is 0 Å². The van der Waals surface area contributed by atoms with Crippen molar-refractivity contribution in [2.75, 3.05) is 6.54 Å². The minimum Gasteiger partial charge on any atom is -0.387 e.